The Kier molecular flexibility index (Phi) is 5.51. The molecule has 1 amide bonds. The van der Waals surface area contributed by atoms with Crippen LogP contribution in [0.3, 0.4) is 0 Å². The van der Waals surface area contributed by atoms with E-state index in [1.165, 1.54) is 0 Å². The minimum absolute atomic E-state index is 0.0659. The lowest BCUT2D eigenvalue weighted by Crippen LogP contribution is -2.50. The van der Waals surface area contributed by atoms with Crippen molar-refractivity contribution in [1.82, 2.24) is 9.80 Å². The molecule has 1 aromatic carbocycles. The van der Waals surface area contributed by atoms with E-state index in [0.29, 0.717) is 6.42 Å². The number of hydrogen-bond acceptors (Lipinski definition) is 3. The summed E-state index contributed by atoms with van der Waals surface area (Å²) in [5.74, 6) is 0.488. The molecule has 1 aliphatic rings. The highest BCUT2D eigenvalue weighted by Crippen LogP contribution is 2.09. The Bertz CT molecular complexity index is 477. The predicted octanol–water partition coefficient (Wildman–Crippen LogP) is 2.06. The van der Waals surface area contributed by atoms with E-state index in [1.54, 1.807) is 0 Å². The van der Waals surface area contributed by atoms with Crippen LogP contribution in [0.4, 0.5) is 0 Å². The molecule has 4 nitrogen and oxygen atoms in total. The third-order valence-corrected chi connectivity index (χ3v) is 3.93. The average molecular weight is 288 g/mol. The Morgan fingerprint density at radius 2 is 1.67 bits per heavy atom. The van der Waals surface area contributed by atoms with Crippen molar-refractivity contribution in [2.45, 2.75) is 20.3 Å². The summed E-state index contributed by atoms with van der Waals surface area (Å²) in [6, 6.07) is 9.43. The molecular weight excluding hydrogens is 264 g/mol. The highest BCUT2D eigenvalue weighted by Gasteiger charge is 2.22. The topological polar surface area (TPSA) is 40.6 Å². The zero-order valence-corrected chi connectivity index (χ0v) is 12.9. The lowest BCUT2D eigenvalue weighted by molar-refractivity contribution is -0.136. The molecule has 1 fully saturated rings. The summed E-state index contributed by atoms with van der Waals surface area (Å²) in [5, 5.41) is 0. The molecule has 0 saturated carbocycles. The number of rotatable bonds is 5. The van der Waals surface area contributed by atoms with Gasteiger partial charge >= 0.3 is 0 Å². The van der Waals surface area contributed by atoms with E-state index >= 15 is 0 Å². The molecule has 4 heteroatoms. The fourth-order valence-electron chi connectivity index (χ4n) is 2.59. The van der Waals surface area contributed by atoms with Crippen molar-refractivity contribution in [1.29, 1.82) is 0 Å². The Hall–Kier alpha value is -1.68. The standard InChI is InChI=1S/C17H24N2O2/c1-14(2)17(21)19-12-10-18(11-13-19)9-8-16(20)15-6-4-3-5-7-15/h3-7,14H,8-13H2,1-2H3. The molecule has 114 valence electrons. The minimum Gasteiger partial charge on any atom is -0.340 e. The number of nitrogens with zero attached hydrogens (tertiary/aromatic N) is 2. The maximum absolute atomic E-state index is 12.1. The van der Waals surface area contributed by atoms with E-state index in [-0.39, 0.29) is 17.6 Å². The lowest BCUT2D eigenvalue weighted by atomic mass is 10.1. The van der Waals surface area contributed by atoms with Crippen molar-refractivity contribution in [2.24, 2.45) is 5.92 Å². The monoisotopic (exact) mass is 288 g/mol. The van der Waals surface area contributed by atoms with E-state index in [2.05, 4.69) is 4.90 Å². The molecule has 21 heavy (non-hydrogen) atoms. The van der Waals surface area contributed by atoms with Gasteiger partial charge in [-0.2, -0.15) is 0 Å². The number of Topliss-reactive ketones (excluding diaryl/α,β-unsaturated/α-hetero) is 1. The fourth-order valence-corrected chi connectivity index (χ4v) is 2.59. The molecule has 0 aromatic heterocycles. The van der Waals surface area contributed by atoms with Crippen LogP contribution in [-0.2, 0) is 4.79 Å². The van der Waals surface area contributed by atoms with Gasteiger partial charge in [-0.05, 0) is 0 Å². The molecule has 1 saturated heterocycles. The molecule has 0 aliphatic carbocycles. The maximum Gasteiger partial charge on any atom is 0.225 e. The molecule has 0 N–H and O–H groups in total. The second kappa shape index (κ2) is 7.36. The molecule has 0 atom stereocenters. The Balaban J connectivity index is 1.74. The van der Waals surface area contributed by atoms with E-state index < -0.39 is 0 Å². The summed E-state index contributed by atoms with van der Waals surface area (Å²) in [4.78, 5) is 28.2. The van der Waals surface area contributed by atoms with Crippen molar-refractivity contribution in [3.8, 4) is 0 Å². The number of hydrogen-bond donors (Lipinski definition) is 0. The average Bonchev–Trinajstić information content (AvgIpc) is 2.53. The zero-order chi connectivity index (χ0) is 15.2. The Labute approximate surface area is 126 Å². The fraction of sp³-hybridized carbons (Fsp3) is 0.529. The largest absolute Gasteiger partial charge is 0.340 e. The molecule has 0 bridgehead atoms. The van der Waals surface area contributed by atoms with Gasteiger partial charge in [0.15, 0.2) is 5.78 Å². The third-order valence-electron chi connectivity index (χ3n) is 3.93. The zero-order valence-electron chi connectivity index (χ0n) is 12.9. The smallest absolute Gasteiger partial charge is 0.225 e. The van der Waals surface area contributed by atoms with Gasteiger partial charge in [-0.15, -0.1) is 0 Å². The number of ketones is 1. The molecule has 2 rings (SSSR count). The molecule has 0 radical (unpaired) electrons. The van der Waals surface area contributed by atoms with E-state index in [0.717, 1.165) is 38.3 Å². The van der Waals surface area contributed by atoms with Gasteiger partial charge in [-0.1, -0.05) is 44.2 Å². The first-order valence-electron chi connectivity index (χ1n) is 7.67. The summed E-state index contributed by atoms with van der Waals surface area (Å²) in [6.07, 6.45) is 0.544. The van der Waals surface area contributed by atoms with Crippen molar-refractivity contribution in [3.63, 3.8) is 0 Å². The minimum atomic E-state index is 0.0659. The quantitative estimate of drug-likeness (QED) is 0.779. The second-order valence-electron chi connectivity index (χ2n) is 5.86. The van der Waals surface area contributed by atoms with Gasteiger partial charge in [-0.3, -0.25) is 14.5 Å². The SMILES string of the molecule is CC(C)C(=O)N1CCN(CCC(=O)c2ccccc2)CC1. The number of carbonyl (C=O) groups excluding carboxylic acids is 2. The van der Waals surface area contributed by atoms with Crippen molar-refractivity contribution < 1.29 is 9.59 Å². The van der Waals surface area contributed by atoms with Gasteiger partial charge < -0.3 is 4.90 Å². The van der Waals surface area contributed by atoms with Crippen molar-refractivity contribution in [3.05, 3.63) is 35.9 Å². The highest BCUT2D eigenvalue weighted by atomic mass is 16.2. The van der Waals surface area contributed by atoms with Gasteiger partial charge in [0, 0.05) is 50.6 Å². The number of piperazine rings is 1. The summed E-state index contributed by atoms with van der Waals surface area (Å²) in [5.41, 5.74) is 0.783. The number of amides is 1. The highest BCUT2D eigenvalue weighted by molar-refractivity contribution is 5.96. The van der Waals surface area contributed by atoms with Crippen LogP contribution < -0.4 is 0 Å². The van der Waals surface area contributed by atoms with Gasteiger partial charge in [-0.25, -0.2) is 0 Å². The summed E-state index contributed by atoms with van der Waals surface area (Å²) >= 11 is 0. The normalized spacial score (nSPS) is 16.2. The van der Waals surface area contributed by atoms with Gasteiger partial charge in [0.05, 0.1) is 0 Å². The van der Waals surface area contributed by atoms with E-state index in [4.69, 9.17) is 0 Å². The molecular formula is C17H24N2O2. The van der Waals surface area contributed by atoms with Crippen LogP contribution >= 0.6 is 0 Å². The Morgan fingerprint density at radius 1 is 1.05 bits per heavy atom. The predicted molar refractivity (Wildman–Crippen MR) is 83.2 cm³/mol. The van der Waals surface area contributed by atoms with Crippen molar-refractivity contribution in [2.75, 3.05) is 32.7 Å². The van der Waals surface area contributed by atoms with Gasteiger partial charge in [0.1, 0.15) is 0 Å². The molecule has 0 unspecified atom stereocenters. The third kappa shape index (κ3) is 4.39. The summed E-state index contributed by atoms with van der Waals surface area (Å²) < 4.78 is 0. The Morgan fingerprint density at radius 3 is 2.24 bits per heavy atom. The van der Waals surface area contributed by atoms with Crippen LogP contribution in [0.1, 0.15) is 30.6 Å². The van der Waals surface area contributed by atoms with Crippen LogP contribution in [-0.4, -0.2) is 54.2 Å². The van der Waals surface area contributed by atoms with Crippen molar-refractivity contribution >= 4 is 11.7 Å². The number of carbonyl (C=O) groups is 2. The lowest BCUT2D eigenvalue weighted by Gasteiger charge is -2.35. The molecule has 1 aromatic rings. The van der Waals surface area contributed by atoms with Crippen LogP contribution in [0.5, 0.6) is 0 Å². The van der Waals surface area contributed by atoms with Crippen LogP contribution in [0.15, 0.2) is 30.3 Å². The maximum atomic E-state index is 12.1. The van der Waals surface area contributed by atoms with E-state index in [1.807, 2.05) is 49.1 Å². The summed E-state index contributed by atoms with van der Waals surface area (Å²) in [6.45, 7) is 7.92. The van der Waals surface area contributed by atoms with Gasteiger partial charge in [0.2, 0.25) is 5.91 Å². The van der Waals surface area contributed by atoms with Crippen LogP contribution in [0.25, 0.3) is 0 Å². The second-order valence-corrected chi connectivity index (χ2v) is 5.86. The van der Waals surface area contributed by atoms with Crippen LogP contribution in [0.2, 0.25) is 0 Å². The first-order valence-corrected chi connectivity index (χ1v) is 7.67. The molecule has 1 heterocycles. The molecule has 1 aliphatic heterocycles. The molecule has 0 spiro atoms. The van der Waals surface area contributed by atoms with Crippen LogP contribution in [0, 0.1) is 5.92 Å². The summed E-state index contributed by atoms with van der Waals surface area (Å²) in [7, 11) is 0. The first kappa shape index (κ1) is 15.7. The van der Waals surface area contributed by atoms with Gasteiger partial charge in [0.25, 0.3) is 0 Å². The van der Waals surface area contributed by atoms with E-state index in [9.17, 15) is 9.59 Å². The number of benzene rings is 1. The first-order chi connectivity index (χ1) is 10.1.